The SMILES string of the molecule is C=CC1(C(F)(F)F)C=CC(C(F)(F)F)=CC1. The van der Waals surface area contributed by atoms with Crippen LogP contribution < -0.4 is 0 Å². The highest BCUT2D eigenvalue weighted by Crippen LogP contribution is 2.47. The molecule has 0 aliphatic heterocycles. The van der Waals surface area contributed by atoms with E-state index in [9.17, 15) is 26.3 Å². The van der Waals surface area contributed by atoms with Crippen LogP contribution in [-0.2, 0) is 0 Å². The molecule has 0 N–H and O–H groups in total. The van der Waals surface area contributed by atoms with Gasteiger partial charge in [0.1, 0.15) is 5.41 Å². The van der Waals surface area contributed by atoms with E-state index in [1.165, 1.54) is 0 Å². The highest BCUT2D eigenvalue weighted by atomic mass is 19.4. The number of alkyl halides is 6. The van der Waals surface area contributed by atoms with Crippen LogP contribution in [-0.4, -0.2) is 12.4 Å². The Morgan fingerprint density at radius 1 is 1.19 bits per heavy atom. The highest BCUT2D eigenvalue weighted by molar-refractivity contribution is 5.33. The van der Waals surface area contributed by atoms with E-state index in [1.807, 2.05) is 0 Å². The number of hydrogen-bond donors (Lipinski definition) is 0. The van der Waals surface area contributed by atoms with Crippen molar-refractivity contribution in [1.29, 1.82) is 0 Å². The van der Waals surface area contributed by atoms with Gasteiger partial charge in [-0.3, -0.25) is 0 Å². The van der Waals surface area contributed by atoms with Gasteiger partial charge in [-0.05, 0) is 6.42 Å². The second-order valence-corrected chi connectivity index (χ2v) is 3.44. The first-order chi connectivity index (χ1) is 7.12. The third-order valence-corrected chi connectivity index (χ3v) is 2.44. The van der Waals surface area contributed by atoms with Crippen LogP contribution in [0.1, 0.15) is 6.42 Å². The molecule has 0 fully saturated rings. The van der Waals surface area contributed by atoms with Crippen LogP contribution in [0, 0.1) is 5.41 Å². The summed E-state index contributed by atoms with van der Waals surface area (Å²) < 4.78 is 74.3. The fourth-order valence-electron chi connectivity index (χ4n) is 1.34. The molecule has 0 radical (unpaired) electrons. The predicted molar refractivity (Wildman–Crippen MR) is 46.6 cm³/mol. The Morgan fingerprint density at radius 2 is 1.75 bits per heavy atom. The number of allylic oxidation sites excluding steroid dienone is 5. The molecule has 1 aliphatic rings. The van der Waals surface area contributed by atoms with E-state index in [2.05, 4.69) is 6.58 Å². The van der Waals surface area contributed by atoms with Crippen LogP contribution in [0.3, 0.4) is 0 Å². The third-order valence-electron chi connectivity index (χ3n) is 2.44. The first kappa shape index (κ1) is 12.9. The van der Waals surface area contributed by atoms with Gasteiger partial charge in [0, 0.05) is 0 Å². The van der Waals surface area contributed by atoms with Crippen molar-refractivity contribution in [3.8, 4) is 0 Å². The van der Waals surface area contributed by atoms with Crippen LogP contribution in [0.25, 0.3) is 0 Å². The van der Waals surface area contributed by atoms with Gasteiger partial charge in [0.2, 0.25) is 0 Å². The summed E-state index contributed by atoms with van der Waals surface area (Å²) >= 11 is 0. The van der Waals surface area contributed by atoms with Gasteiger partial charge in [-0.2, -0.15) is 26.3 Å². The zero-order valence-electron chi connectivity index (χ0n) is 7.99. The molecule has 1 rings (SSSR count). The maximum absolute atomic E-state index is 12.6. The molecule has 0 aromatic rings. The lowest BCUT2D eigenvalue weighted by molar-refractivity contribution is -0.189. The molecule has 0 amide bonds. The second-order valence-electron chi connectivity index (χ2n) is 3.44. The molecule has 0 aromatic heterocycles. The average Bonchev–Trinajstić information content (AvgIpc) is 2.14. The number of rotatable bonds is 1. The molecular weight excluding hydrogens is 234 g/mol. The normalized spacial score (nSPS) is 26.5. The summed E-state index contributed by atoms with van der Waals surface area (Å²) in [6.45, 7) is 3.03. The van der Waals surface area contributed by atoms with E-state index in [1.54, 1.807) is 0 Å². The standard InChI is InChI=1S/C10H8F6/c1-2-8(10(14,15)16)5-3-7(4-6-8)9(11,12)13/h2-5H,1,6H2. The van der Waals surface area contributed by atoms with Crippen LogP contribution in [0.2, 0.25) is 0 Å². The molecule has 16 heavy (non-hydrogen) atoms. The quantitative estimate of drug-likeness (QED) is 0.478. The fraction of sp³-hybridized carbons (Fsp3) is 0.400. The van der Waals surface area contributed by atoms with Crippen molar-refractivity contribution in [2.75, 3.05) is 0 Å². The molecule has 0 saturated heterocycles. The van der Waals surface area contributed by atoms with Crippen LogP contribution >= 0.6 is 0 Å². The largest absolute Gasteiger partial charge is 0.416 e. The monoisotopic (exact) mass is 242 g/mol. The Morgan fingerprint density at radius 3 is 2.00 bits per heavy atom. The Bertz CT molecular complexity index is 343. The molecular formula is C10H8F6. The molecule has 1 atom stereocenters. The molecule has 0 bridgehead atoms. The van der Waals surface area contributed by atoms with Crippen LogP contribution in [0.5, 0.6) is 0 Å². The second kappa shape index (κ2) is 3.68. The summed E-state index contributed by atoms with van der Waals surface area (Å²) in [4.78, 5) is 0. The molecule has 0 saturated carbocycles. The predicted octanol–water partition coefficient (Wildman–Crippen LogP) is 4.17. The lowest BCUT2D eigenvalue weighted by Crippen LogP contribution is -2.35. The maximum atomic E-state index is 12.6. The third kappa shape index (κ3) is 2.15. The van der Waals surface area contributed by atoms with Crippen molar-refractivity contribution in [1.82, 2.24) is 0 Å². The number of hydrogen-bond acceptors (Lipinski definition) is 0. The van der Waals surface area contributed by atoms with E-state index >= 15 is 0 Å². The lowest BCUT2D eigenvalue weighted by atomic mass is 9.79. The Labute approximate surface area is 87.9 Å². The molecule has 0 spiro atoms. The average molecular weight is 242 g/mol. The van der Waals surface area contributed by atoms with Gasteiger partial charge in [-0.25, -0.2) is 0 Å². The van der Waals surface area contributed by atoms with E-state index in [-0.39, 0.29) is 0 Å². The van der Waals surface area contributed by atoms with Gasteiger partial charge in [0.25, 0.3) is 0 Å². The van der Waals surface area contributed by atoms with E-state index in [4.69, 9.17) is 0 Å². The smallest absolute Gasteiger partial charge is 0.170 e. The summed E-state index contributed by atoms with van der Waals surface area (Å²) in [5.41, 5.74) is -3.45. The Balaban J connectivity index is 3.02. The first-order valence-electron chi connectivity index (χ1n) is 4.29. The van der Waals surface area contributed by atoms with Crippen molar-refractivity contribution < 1.29 is 26.3 Å². The molecule has 1 unspecified atom stereocenters. The summed E-state index contributed by atoms with van der Waals surface area (Å²) in [5.74, 6) is 0. The maximum Gasteiger partial charge on any atom is 0.416 e. The van der Waals surface area contributed by atoms with Crippen molar-refractivity contribution in [3.63, 3.8) is 0 Å². The molecule has 1 aliphatic carbocycles. The van der Waals surface area contributed by atoms with Gasteiger partial charge >= 0.3 is 12.4 Å². The Kier molecular flexibility index (Phi) is 2.96. The van der Waals surface area contributed by atoms with Gasteiger partial charge < -0.3 is 0 Å². The van der Waals surface area contributed by atoms with Gasteiger partial charge in [0.05, 0.1) is 5.57 Å². The minimum Gasteiger partial charge on any atom is -0.170 e. The van der Waals surface area contributed by atoms with Crippen LogP contribution in [0.4, 0.5) is 26.3 Å². The van der Waals surface area contributed by atoms with Crippen molar-refractivity contribution >= 4 is 0 Å². The summed E-state index contributed by atoms with van der Waals surface area (Å²) in [5, 5.41) is 0. The molecule has 90 valence electrons. The van der Waals surface area contributed by atoms with Crippen LogP contribution in [0.15, 0.2) is 36.5 Å². The summed E-state index contributed by atoms with van der Waals surface area (Å²) in [6.07, 6.45) is -7.93. The fourth-order valence-corrected chi connectivity index (χ4v) is 1.34. The minimum atomic E-state index is -4.64. The zero-order chi connectivity index (χ0) is 12.6. The molecule has 0 aromatic carbocycles. The molecule has 0 nitrogen and oxygen atoms in total. The first-order valence-corrected chi connectivity index (χ1v) is 4.29. The van der Waals surface area contributed by atoms with E-state index in [0.717, 1.165) is 0 Å². The van der Waals surface area contributed by atoms with Crippen molar-refractivity contribution in [3.05, 3.63) is 36.5 Å². The number of halogens is 6. The van der Waals surface area contributed by atoms with Gasteiger partial charge in [-0.1, -0.05) is 24.3 Å². The van der Waals surface area contributed by atoms with E-state index in [0.29, 0.717) is 24.3 Å². The highest BCUT2D eigenvalue weighted by Gasteiger charge is 2.51. The van der Waals surface area contributed by atoms with Gasteiger partial charge in [-0.15, -0.1) is 6.58 Å². The zero-order valence-corrected chi connectivity index (χ0v) is 7.99. The summed E-state index contributed by atoms with van der Waals surface area (Å²) in [7, 11) is 0. The lowest BCUT2D eigenvalue weighted by Gasteiger charge is -2.31. The van der Waals surface area contributed by atoms with Gasteiger partial charge in [0.15, 0.2) is 0 Å². The molecule has 6 heteroatoms. The minimum absolute atomic E-state index is 0.443. The topological polar surface area (TPSA) is 0 Å². The molecule has 0 heterocycles. The van der Waals surface area contributed by atoms with Crippen molar-refractivity contribution in [2.24, 2.45) is 5.41 Å². The Hall–Kier alpha value is -1.20. The van der Waals surface area contributed by atoms with E-state index < -0.39 is 29.8 Å². The summed E-state index contributed by atoms with van der Waals surface area (Å²) in [6, 6.07) is 0. The van der Waals surface area contributed by atoms with Crippen molar-refractivity contribution in [2.45, 2.75) is 18.8 Å².